The molecule has 20 heavy (non-hydrogen) atoms. The summed E-state index contributed by atoms with van der Waals surface area (Å²) in [6.07, 6.45) is 10.5. The molecule has 1 aromatic heterocycles. The lowest BCUT2D eigenvalue weighted by molar-refractivity contribution is 0.180. The molecule has 3 unspecified atom stereocenters. The fraction of sp³-hybridized carbons (Fsp3) is 0.706. The van der Waals surface area contributed by atoms with Gasteiger partial charge in [-0.15, -0.1) is 0 Å². The molecule has 0 amide bonds. The van der Waals surface area contributed by atoms with Gasteiger partial charge in [0.1, 0.15) is 0 Å². The first-order valence-corrected chi connectivity index (χ1v) is 8.12. The van der Waals surface area contributed by atoms with Crippen molar-refractivity contribution in [3.8, 4) is 0 Å². The van der Waals surface area contributed by atoms with E-state index in [0.29, 0.717) is 6.04 Å². The number of hydrogen-bond acceptors (Lipinski definition) is 3. The standard InChI is InChI=1S/C17H29N3/c1-3-5-15-6-4-12-20(13-9-15)17(14(2)18)16-7-10-19-11-8-16/h7-8,10-11,14-15,17H,3-6,9,12-13,18H2,1-2H3. The number of hydrogen-bond donors (Lipinski definition) is 1. The van der Waals surface area contributed by atoms with E-state index >= 15 is 0 Å². The molecule has 0 spiro atoms. The fourth-order valence-corrected chi connectivity index (χ4v) is 3.57. The summed E-state index contributed by atoms with van der Waals surface area (Å²) in [7, 11) is 0. The predicted octanol–water partition coefficient (Wildman–Crippen LogP) is 3.37. The molecule has 1 fully saturated rings. The number of rotatable bonds is 5. The monoisotopic (exact) mass is 275 g/mol. The molecule has 3 heteroatoms. The SMILES string of the molecule is CCCC1CCCN(C(c2ccncc2)C(C)N)CC1. The minimum Gasteiger partial charge on any atom is -0.326 e. The molecule has 112 valence electrons. The zero-order valence-corrected chi connectivity index (χ0v) is 13.0. The zero-order chi connectivity index (χ0) is 14.4. The van der Waals surface area contributed by atoms with Crippen LogP contribution in [0.2, 0.25) is 0 Å². The summed E-state index contributed by atoms with van der Waals surface area (Å²) in [6, 6.07) is 4.71. The average molecular weight is 275 g/mol. The number of nitrogens with two attached hydrogens (primary N) is 1. The Balaban J connectivity index is 2.07. The molecule has 1 aliphatic heterocycles. The second-order valence-electron chi connectivity index (χ2n) is 6.21. The van der Waals surface area contributed by atoms with Crippen molar-refractivity contribution < 1.29 is 0 Å². The molecule has 3 nitrogen and oxygen atoms in total. The summed E-state index contributed by atoms with van der Waals surface area (Å²) in [5.74, 6) is 0.913. The van der Waals surface area contributed by atoms with E-state index in [4.69, 9.17) is 5.73 Å². The minimum absolute atomic E-state index is 0.153. The van der Waals surface area contributed by atoms with Crippen molar-refractivity contribution in [2.75, 3.05) is 13.1 Å². The predicted molar refractivity (Wildman–Crippen MR) is 84.4 cm³/mol. The number of nitrogens with zero attached hydrogens (tertiary/aromatic N) is 2. The van der Waals surface area contributed by atoms with E-state index in [9.17, 15) is 0 Å². The van der Waals surface area contributed by atoms with Gasteiger partial charge in [0.25, 0.3) is 0 Å². The van der Waals surface area contributed by atoms with Gasteiger partial charge in [-0.25, -0.2) is 0 Å². The topological polar surface area (TPSA) is 42.2 Å². The van der Waals surface area contributed by atoms with Gasteiger partial charge in [0.2, 0.25) is 0 Å². The maximum atomic E-state index is 6.28. The Morgan fingerprint density at radius 2 is 2.05 bits per heavy atom. The first-order chi connectivity index (χ1) is 9.72. The Bertz CT molecular complexity index is 377. The van der Waals surface area contributed by atoms with Gasteiger partial charge in [0, 0.05) is 24.5 Å². The first kappa shape index (κ1) is 15.5. The highest BCUT2D eigenvalue weighted by Crippen LogP contribution is 2.29. The molecule has 0 aliphatic carbocycles. The fourth-order valence-electron chi connectivity index (χ4n) is 3.57. The molecule has 2 N–H and O–H groups in total. The van der Waals surface area contributed by atoms with Crippen molar-refractivity contribution in [3.05, 3.63) is 30.1 Å². The number of likely N-dealkylation sites (tertiary alicyclic amines) is 1. The lowest BCUT2D eigenvalue weighted by Crippen LogP contribution is -2.40. The van der Waals surface area contributed by atoms with Gasteiger partial charge in [0.15, 0.2) is 0 Å². The van der Waals surface area contributed by atoms with Gasteiger partial charge in [-0.1, -0.05) is 19.8 Å². The lowest BCUT2D eigenvalue weighted by atomic mass is 9.96. The van der Waals surface area contributed by atoms with Crippen LogP contribution in [-0.2, 0) is 0 Å². The maximum absolute atomic E-state index is 6.28. The highest BCUT2D eigenvalue weighted by molar-refractivity contribution is 5.17. The van der Waals surface area contributed by atoms with Gasteiger partial charge in [-0.2, -0.15) is 0 Å². The summed E-state index contributed by atoms with van der Waals surface area (Å²) in [4.78, 5) is 6.72. The van der Waals surface area contributed by atoms with E-state index in [-0.39, 0.29) is 6.04 Å². The number of pyridine rings is 1. The largest absolute Gasteiger partial charge is 0.326 e. The Hall–Kier alpha value is -0.930. The molecule has 0 saturated carbocycles. The summed E-state index contributed by atoms with van der Waals surface area (Å²) >= 11 is 0. The molecule has 0 radical (unpaired) electrons. The third-order valence-corrected chi connectivity index (χ3v) is 4.52. The molecular weight excluding hydrogens is 246 g/mol. The Morgan fingerprint density at radius 3 is 2.70 bits per heavy atom. The van der Waals surface area contributed by atoms with Crippen molar-refractivity contribution >= 4 is 0 Å². The van der Waals surface area contributed by atoms with Crippen LogP contribution in [0.1, 0.15) is 57.6 Å². The molecule has 2 heterocycles. The van der Waals surface area contributed by atoms with E-state index in [1.807, 2.05) is 12.4 Å². The summed E-state index contributed by atoms with van der Waals surface area (Å²) in [6.45, 7) is 6.78. The van der Waals surface area contributed by atoms with E-state index < -0.39 is 0 Å². The third kappa shape index (κ3) is 4.03. The van der Waals surface area contributed by atoms with Crippen LogP contribution in [0.4, 0.5) is 0 Å². The molecule has 1 aliphatic rings. The molecule has 1 aromatic rings. The first-order valence-electron chi connectivity index (χ1n) is 8.12. The van der Waals surface area contributed by atoms with Crippen molar-refractivity contribution in [1.29, 1.82) is 0 Å². The van der Waals surface area contributed by atoms with E-state index in [1.165, 1.54) is 50.8 Å². The van der Waals surface area contributed by atoms with Gasteiger partial charge < -0.3 is 5.73 Å². The Morgan fingerprint density at radius 1 is 1.30 bits per heavy atom. The molecule has 1 saturated heterocycles. The van der Waals surface area contributed by atoms with Gasteiger partial charge in [0.05, 0.1) is 0 Å². The Kier molecular flexibility index (Phi) is 5.99. The lowest BCUT2D eigenvalue weighted by Gasteiger charge is -2.33. The van der Waals surface area contributed by atoms with E-state index in [2.05, 4.69) is 35.9 Å². The zero-order valence-electron chi connectivity index (χ0n) is 13.0. The van der Waals surface area contributed by atoms with Gasteiger partial charge in [-0.05, 0) is 62.9 Å². The van der Waals surface area contributed by atoms with E-state index in [0.717, 1.165) is 5.92 Å². The van der Waals surface area contributed by atoms with Crippen molar-refractivity contribution in [2.24, 2.45) is 11.7 Å². The average Bonchev–Trinajstić information content (AvgIpc) is 2.66. The van der Waals surface area contributed by atoms with Crippen molar-refractivity contribution in [1.82, 2.24) is 9.88 Å². The van der Waals surface area contributed by atoms with Gasteiger partial charge in [-0.3, -0.25) is 9.88 Å². The smallest absolute Gasteiger partial charge is 0.0497 e. The van der Waals surface area contributed by atoms with E-state index in [1.54, 1.807) is 0 Å². The molecule has 0 aromatic carbocycles. The van der Waals surface area contributed by atoms with Crippen molar-refractivity contribution in [2.45, 2.75) is 58.0 Å². The van der Waals surface area contributed by atoms with Crippen LogP contribution in [0, 0.1) is 5.92 Å². The van der Waals surface area contributed by atoms with Crippen LogP contribution in [0.25, 0.3) is 0 Å². The second-order valence-corrected chi connectivity index (χ2v) is 6.21. The third-order valence-electron chi connectivity index (χ3n) is 4.52. The van der Waals surface area contributed by atoms with Crippen LogP contribution in [-0.4, -0.2) is 29.0 Å². The maximum Gasteiger partial charge on any atom is 0.0497 e. The highest BCUT2D eigenvalue weighted by Gasteiger charge is 2.26. The van der Waals surface area contributed by atoms with Crippen LogP contribution in [0.3, 0.4) is 0 Å². The molecular formula is C17H29N3. The summed E-state index contributed by atoms with van der Waals surface area (Å²) in [5.41, 5.74) is 7.59. The normalized spacial score (nSPS) is 24.1. The van der Waals surface area contributed by atoms with Crippen LogP contribution in [0.5, 0.6) is 0 Å². The van der Waals surface area contributed by atoms with Crippen LogP contribution < -0.4 is 5.73 Å². The Labute approximate surface area is 123 Å². The summed E-state index contributed by atoms with van der Waals surface area (Å²) in [5, 5.41) is 0. The quantitative estimate of drug-likeness (QED) is 0.896. The van der Waals surface area contributed by atoms with Crippen LogP contribution >= 0.6 is 0 Å². The highest BCUT2D eigenvalue weighted by atomic mass is 15.2. The second kappa shape index (κ2) is 7.75. The van der Waals surface area contributed by atoms with Gasteiger partial charge >= 0.3 is 0 Å². The minimum atomic E-state index is 0.153. The van der Waals surface area contributed by atoms with Crippen LogP contribution in [0.15, 0.2) is 24.5 Å². The molecule has 0 bridgehead atoms. The number of aromatic nitrogens is 1. The molecule has 3 atom stereocenters. The van der Waals surface area contributed by atoms with Crippen molar-refractivity contribution in [3.63, 3.8) is 0 Å². The summed E-state index contributed by atoms with van der Waals surface area (Å²) < 4.78 is 0. The molecule has 2 rings (SSSR count).